The molecule has 1 aromatic heterocycles. The summed E-state index contributed by atoms with van der Waals surface area (Å²) in [6, 6.07) is 1.80. The molecule has 0 saturated carbocycles. The van der Waals surface area contributed by atoms with Gasteiger partial charge in [0.05, 0.1) is 19.3 Å². The normalized spacial score (nSPS) is 25.8. The zero-order valence-electron chi connectivity index (χ0n) is 10.3. The number of ether oxygens (including phenoxy) is 2. The first-order chi connectivity index (χ1) is 8.19. The molecule has 5 heteroatoms. The SMILES string of the molecule is COc1cc(CC(N)C2CCC(C)O2)ncn1. The number of hydrogen-bond donors (Lipinski definition) is 1. The van der Waals surface area contributed by atoms with Crippen molar-refractivity contribution in [1.29, 1.82) is 0 Å². The van der Waals surface area contributed by atoms with Crippen LogP contribution in [0.2, 0.25) is 0 Å². The third kappa shape index (κ3) is 3.14. The molecule has 1 aliphatic heterocycles. The molecule has 17 heavy (non-hydrogen) atoms. The fourth-order valence-electron chi connectivity index (χ4n) is 2.12. The van der Waals surface area contributed by atoms with Crippen LogP contribution in [0.25, 0.3) is 0 Å². The van der Waals surface area contributed by atoms with Crippen LogP contribution in [0.1, 0.15) is 25.5 Å². The Morgan fingerprint density at radius 3 is 3.00 bits per heavy atom. The molecule has 1 aliphatic rings. The van der Waals surface area contributed by atoms with Gasteiger partial charge in [0, 0.05) is 24.2 Å². The lowest BCUT2D eigenvalue weighted by Gasteiger charge is -2.19. The van der Waals surface area contributed by atoms with Crippen molar-refractivity contribution in [3.8, 4) is 5.88 Å². The molecule has 2 rings (SSSR count). The summed E-state index contributed by atoms with van der Waals surface area (Å²) < 4.78 is 10.8. The van der Waals surface area contributed by atoms with Crippen molar-refractivity contribution in [3.05, 3.63) is 18.1 Å². The highest BCUT2D eigenvalue weighted by molar-refractivity contribution is 5.14. The zero-order valence-corrected chi connectivity index (χ0v) is 10.3. The molecule has 94 valence electrons. The number of nitrogens with two attached hydrogens (primary N) is 1. The summed E-state index contributed by atoms with van der Waals surface area (Å²) in [6.07, 6.45) is 4.78. The number of aromatic nitrogens is 2. The van der Waals surface area contributed by atoms with Crippen LogP contribution in [0, 0.1) is 0 Å². The minimum atomic E-state index is -0.0143. The number of hydrogen-bond acceptors (Lipinski definition) is 5. The van der Waals surface area contributed by atoms with Crippen LogP contribution in [0.5, 0.6) is 5.88 Å². The fourth-order valence-corrected chi connectivity index (χ4v) is 2.12. The van der Waals surface area contributed by atoms with Crippen LogP contribution in [0.4, 0.5) is 0 Å². The van der Waals surface area contributed by atoms with Crippen LogP contribution >= 0.6 is 0 Å². The Morgan fingerprint density at radius 1 is 1.53 bits per heavy atom. The van der Waals surface area contributed by atoms with Crippen molar-refractivity contribution in [2.75, 3.05) is 7.11 Å². The highest BCUT2D eigenvalue weighted by atomic mass is 16.5. The summed E-state index contributed by atoms with van der Waals surface area (Å²) in [5.74, 6) is 0.572. The van der Waals surface area contributed by atoms with Gasteiger partial charge in [-0.3, -0.25) is 0 Å². The Morgan fingerprint density at radius 2 is 2.35 bits per heavy atom. The van der Waals surface area contributed by atoms with Gasteiger partial charge in [0.1, 0.15) is 6.33 Å². The van der Waals surface area contributed by atoms with Crippen molar-refractivity contribution in [3.63, 3.8) is 0 Å². The Balaban J connectivity index is 1.95. The van der Waals surface area contributed by atoms with Crippen molar-refractivity contribution in [1.82, 2.24) is 9.97 Å². The largest absolute Gasteiger partial charge is 0.481 e. The lowest BCUT2D eigenvalue weighted by molar-refractivity contribution is 0.0402. The maximum absolute atomic E-state index is 6.14. The Bertz CT molecular complexity index is 373. The van der Waals surface area contributed by atoms with Gasteiger partial charge in [-0.2, -0.15) is 0 Å². The fraction of sp³-hybridized carbons (Fsp3) is 0.667. The third-order valence-corrected chi connectivity index (χ3v) is 3.09. The Hall–Kier alpha value is -1.20. The second kappa shape index (κ2) is 5.42. The average Bonchev–Trinajstić information content (AvgIpc) is 2.76. The Kier molecular flexibility index (Phi) is 3.91. The van der Waals surface area contributed by atoms with E-state index in [-0.39, 0.29) is 12.1 Å². The van der Waals surface area contributed by atoms with Gasteiger partial charge in [-0.25, -0.2) is 9.97 Å². The van der Waals surface area contributed by atoms with Crippen molar-refractivity contribution >= 4 is 0 Å². The third-order valence-electron chi connectivity index (χ3n) is 3.09. The van der Waals surface area contributed by atoms with E-state index in [1.807, 2.05) is 6.07 Å². The molecule has 0 amide bonds. The van der Waals surface area contributed by atoms with Crippen LogP contribution < -0.4 is 10.5 Å². The van der Waals surface area contributed by atoms with Gasteiger partial charge in [0.2, 0.25) is 5.88 Å². The first-order valence-electron chi connectivity index (χ1n) is 5.95. The highest BCUT2D eigenvalue weighted by Gasteiger charge is 2.27. The number of rotatable bonds is 4. The maximum Gasteiger partial charge on any atom is 0.216 e. The number of methoxy groups -OCH3 is 1. The molecule has 0 radical (unpaired) electrons. The number of nitrogens with zero attached hydrogens (tertiary/aromatic N) is 2. The molecule has 2 N–H and O–H groups in total. The lowest BCUT2D eigenvalue weighted by atomic mass is 10.0. The van der Waals surface area contributed by atoms with E-state index in [0.717, 1.165) is 18.5 Å². The van der Waals surface area contributed by atoms with Crippen LogP contribution in [0.3, 0.4) is 0 Å². The van der Waals surface area contributed by atoms with E-state index in [9.17, 15) is 0 Å². The first-order valence-corrected chi connectivity index (χ1v) is 5.95. The van der Waals surface area contributed by atoms with E-state index in [2.05, 4.69) is 16.9 Å². The van der Waals surface area contributed by atoms with Crippen LogP contribution in [-0.4, -0.2) is 35.3 Å². The minimum Gasteiger partial charge on any atom is -0.481 e. The second-order valence-corrected chi connectivity index (χ2v) is 4.48. The summed E-state index contributed by atoms with van der Waals surface area (Å²) in [5, 5.41) is 0. The first kappa shape index (κ1) is 12.3. The molecule has 2 heterocycles. The van der Waals surface area contributed by atoms with E-state index in [0.29, 0.717) is 18.4 Å². The van der Waals surface area contributed by atoms with Gasteiger partial charge in [-0.1, -0.05) is 0 Å². The molecule has 5 nitrogen and oxygen atoms in total. The van der Waals surface area contributed by atoms with Crippen molar-refractivity contribution in [2.45, 2.75) is 44.4 Å². The summed E-state index contributed by atoms with van der Waals surface area (Å²) in [7, 11) is 1.59. The zero-order chi connectivity index (χ0) is 12.3. The molecule has 3 atom stereocenters. The van der Waals surface area contributed by atoms with E-state index in [4.69, 9.17) is 15.2 Å². The van der Waals surface area contributed by atoms with Crippen molar-refractivity contribution in [2.24, 2.45) is 5.73 Å². The summed E-state index contributed by atoms with van der Waals surface area (Å²) in [4.78, 5) is 8.16. The van der Waals surface area contributed by atoms with Gasteiger partial charge in [-0.15, -0.1) is 0 Å². The van der Waals surface area contributed by atoms with Gasteiger partial charge >= 0.3 is 0 Å². The van der Waals surface area contributed by atoms with Crippen molar-refractivity contribution < 1.29 is 9.47 Å². The molecule has 3 unspecified atom stereocenters. The summed E-state index contributed by atoms with van der Waals surface area (Å²) in [6.45, 7) is 2.08. The molecule has 1 fully saturated rings. The predicted molar refractivity (Wildman–Crippen MR) is 63.8 cm³/mol. The van der Waals surface area contributed by atoms with E-state index < -0.39 is 0 Å². The quantitative estimate of drug-likeness (QED) is 0.843. The topological polar surface area (TPSA) is 70.3 Å². The molecular weight excluding hydrogens is 218 g/mol. The molecule has 1 saturated heterocycles. The molecule has 0 aromatic carbocycles. The van der Waals surface area contributed by atoms with Crippen LogP contribution in [-0.2, 0) is 11.2 Å². The van der Waals surface area contributed by atoms with Gasteiger partial charge in [0.15, 0.2) is 0 Å². The molecule has 1 aromatic rings. The minimum absolute atomic E-state index is 0.0143. The monoisotopic (exact) mass is 237 g/mol. The van der Waals surface area contributed by atoms with Gasteiger partial charge in [-0.05, 0) is 19.8 Å². The van der Waals surface area contributed by atoms with E-state index in [1.165, 1.54) is 6.33 Å². The molecule has 0 bridgehead atoms. The molecular formula is C12H19N3O2. The van der Waals surface area contributed by atoms with Crippen LogP contribution in [0.15, 0.2) is 12.4 Å². The highest BCUT2D eigenvalue weighted by Crippen LogP contribution is 2.22. The van der Waals surface area contributed by atoms with Gasteiger partial charge < -0.3 is 15.2 Å². The molecule has 0 aliphatic carbocycles. The van der Waals surface area contributed by atoms with Gasteiger partial charge in [0.25, 0.3) is 0 Å². The average molecular weight is 237 g/mol. The van der Waals surface area contributed by atoms with E-state index >= 15 is 0 Å². The maximum atomic E-state index is 6.14. The summed E-state index contributed by atoms with van der Waals surface area (Å²) >= 11 is 0. The smallest absolute Gasteiger partial charge is 0.216 e. The predicted octanol–water partition coefficient (Wildman–Crippen LogP) is 0.922. The second-order valence-electron chi connectivity index (χ2n) is 4.48. The summed E-state index contributed by atoms with van der Waals surface area (Å²) in [5.41, 5.74) is 7.03. The lowest BCUT2D eigenvalue weighted by Crippen LogP contribution is -2.36. The molecule has 0 spiro atoms. The Labute approximate surface area is 101 Å². The standard InChI is InChI=1S/C12H19N3O2/c1-8-3-4-11(17-8)10(13)5-9-6-12(16-2)15-7-14-9/h6-8,10-11H,3-5,13H2,1-2H3. The van der Waals surface area contributed by atoms with E-state index in [1.54, 1.807) is 7.11 Å².